The molecule has 3 N–H and O–H groups in total. The summed E-state index contributed by atoms with van der Waals surface area (Å²) in [4.78, 5) is 42.5. The molecule has 2 fully saturated rings. The molecule has 0 bridgehead atoms. The number of piperidine rings is 1. The number of hydrogen-bond donors (Lipinski definition) is 3. The summed E-state index contributed by atoms with van der Waals surface area (Å²) >= 11 is 1.41. The number of ether oxygens (including phenoxy) is 1. The first kappa shape index (κ1) is 30.3. The van der Waals surface area contributed by atoms with Crippen molar-refractivity contribution in [2.45, 2.75) is 70.4 Å². The number of amides is 3. The molecule has 3 aliphatic heterocycles. The summed E-state index contributed by atoms with van der Waals surface area (Å²) < 4.78 is 5.60. The van der Waals surface area contributed by atoms with E-state index in [0.29, 0.717) is 57.1 Å². The molecule has 226 valence electrons. The molecule has 0 aliphatic carbocycles. The Balaban J connectivity index is 1.30. The van der Waals surface area contributed by atoms with Gasteiger partial charge < -0.3 is 15.4 Å². The maximum absolute atomic E-state index is 13.8. The first-order valence-corrected chi connectivity index (χ1v) is 15.9. The Morgan fingerprint density at radius 2 is 1.93 bits per heavy atom. The Morgan fingerprint density at radius 3 is 2.67 bits per heavy atom. The molecule has 1 aromatic carbocycles. The zero-order valence-electron chi connectivity index (χ0n) is 24.5. The number of nitrogens with zero attached hydrogens (tertiary/aromatic N) is 3. The van der Waals surface area contributed by atoms with E-state index in [9.17, 15) is 14.4 Å². The van der Waals surface area contributed by atoms with Crippen LogP contribution in [0.25, 0.3) is 0 Å². The molecule has 3 aliphatic rings. The third-order valence-corrected chi connectivity index (χ3v) is 9.78. The van der Waals surface area contributed by atoms with Gasteiger partial charge in [-0.25, -0.2) is 0 Å². The molecule has 3 amide bonds. The van der Waals surface area contributed by atoms with Crippen LogP contribution in [0.15, 0.2) is 42.5 Å². The number of likely N-dealkylation sites (tertiary alicyclic amines) is 1. The number of fused-ring (bicyclic) bond motifs is 1. The van der Waals surface area contributed by atoms with Gasteiger partial charge in [0.05, 0.1) is 12.0 Å². The molecule has 2 aromatic rings. The van der Waals surface area contributed by atoms with Crippen LogP contribution in [0.5, 0.6) is 0 Å². The molecule has 3 atom stereocenters. The molecule has 5 rings (SSSR count). The average molecular weight is 595 g/mol. The lowest BCUT2D eigenvalue weighted by Gasteiger charge is -2.40. The van der Waals surface area contributed by atoms with Crippen LogP contribution in [0.3, 0.4) is 0 Å². The second-order valence-corrected chi connectivity index (χ2v) is 13.1. The monoisotopic (exact) mass is 594 g/mol. The molecule has 0 radical (unpaired) electrons. The average Bonchev–Trinajstić information content (AvgIpc) is 3.45. The van der Waals surface area contributed by atoms with Gasteiger partial charge in [0.15, 0.2) is 0 Å². The van der Waals surface area contributed by atoms with Crippen molar-refractivity contribution >= 4 is 34.2 Å². The van der Waals surface area contributed by atoms with Crippen molar-refractivity contribution in [3.63, 3.8) is 0 Å². The quantitative estimate of drug-likeness (QED) is 0.439. The van der Waals surface area contributed by atoms with Gasteiger partial charge in [-0.05, 0) is 43.6 Å². The zero-order valence-corrected chi connectivity index (χ0v) is 25.3. The highest BCUT2D eigenvalue weighted by Crippen LogP contribution is 2.36. The molecular weight excluding hydrogens is 552 g/mol. The van der Waals surface area contributed by atoms with Gasteiger partial charge in [-0.1, -0.05) is 67.7 Å². The number of carbonyl (C=O) groups excluding carboxylic acids is 3. The van der Waals surface area contributed by atoms with Gasteiger partial charge in [-0.3, -0.25) is 24.6 Å². The smallest absolute Gasteiger partial charge is 0.243 e. The first-order chi connectivity index (χ1) is 20.3. The number of rotatable bonds is 6. The number of hydrogen-bond acceptors (Lipinski definition) is 8. The topological polar surface area (TPSA) is 126 Å². The van der Waals surface area contributed by atoms with Gasteiger partial charge in [-0.15, -0.1) is 10.2 Å². The molecule has 4 heterocycles. The lowest BCUT2D eigenvalue weighted by molar-refractivity contribution is -0.140. The van der Waals surface area contributed by atoms with Crippen molar-refractivity contribution in [2.24, 2.45) is 11.3 Å². The highest BCUT2D eigenvalue weighted by Gasteiger charge is 2.41. The van der Waals surface area contributed by atoms with Crippen LogP contribution < -0.4 is 16.0 Å². The Bertz CT molecular complexity index is 1260. The third-order valence-electron chi connectivity index (χ3n) is 8.64. The SMILES string of the molecule is CC(C)c1nnc(NC(=O)CN2CC[C@@H]3NC(=O)[C@@H](Cc4ccccc4)NC(=O)C4(C/C=C/C[C@@H]3C2)CCOCC4)s1. The number of carbonyl (C=O) groups is 3. The number of anilines is 1. The first-order valence-electron chi connectivity index (χ1n) is 15.0. The summed E-state index contributed by atoms with van der Waals surface area (Å²) in [6, 6.07) is 9.10. The number of allylic oxidation sites excluding steroid dienone is 2. The molecule has 0 saturated carbocycles. The van der Waals surface area contributed by atoms with Gasteiger partial charge in [-0.2, -0.15) is 0 Å². The molecule has 1 spiro atoms. The highest BCUT2D eigenvalue weighted by atomic mass is 32.1. The Hall–Kier alpha value is -3.15. The van der Waals surface area contributed by atoms with Crippen LogP contribution in [-0.4, -0.2) is 77.8 Å². The molecular formula is C31H42N6O4S. The molecule has 0 unspecified atom stereocenters. The van der Waals surface area contributed by atoms with Gasteiger partial charge in [0.1, 0.15) is 11.0 Å². The van der Waals surface area contributed by atoms with E-state index in [0.717, 1.165) is 23.4 Å². The Labute approximate surface area is 251 Å². The minimum Gasteiger partial charge on any atom is -0.381 e. The lowest BCUT2D eigenvalue weighted by atomic mass is 9.75. The predicted octanol–water partition coefficient (Wildman–Crippen LogP) is 3.28. The van der Waals surface area contributed by atoms with E-state index in [1.807, 2.05) is 44.2 Å². The Kier molecular flexibility index (Phi) is 10.0. The highest BCUT2D eigenvalue weighted by molar-refractivity contribution is 7.15. The molecule has 2 saturated heterocycles. The summed E-state index contributed by atoms with van der Waals surface area (Å²) in [5.41, 5.74) is 0.415. The van der Waals surface area contributed by atoms with Crippen LogP contribution in [0, 0.1) is 11.3 Å². The molecule has 1 aromatic heterocycles. The van der Waals surface area contributed by atoms with Crippen LogP contribution in [-0.2, 0) is 25.5 Å². The second-order valence-electron chi connectivity index (χ2n) is 12.1. The maximum Gasteiger partial charge on any atom is 0.243 e. The van der Waals surface area contributed by atoms with Gasteiger partial charge in [0.25, 0.3) is 0 Å². The standard InChI is InChI=1S/C31H42N6O4S/c1-21(2)28-35-36-30(42-28)34-26(38)20-37-15-11-24-23(19-37)10-6-7-12-31(13-16-41-17-14-31)29(40)33-25(27(39)32-24)18-22-8-4-3-5-9-22/h3-9,21,23-25H,10-20H2,1-2H3,(H,32,39)(H,33,40)(H,34,36,38)/b7-6+/t23-,24+,25-/m1/s1. The summed E-state index contributed by atoms with van der Waals surface area (Å²) in [7, 11) is 0. The van der Waals surface area contributed by atoms with Gasteiger partial charge in [0.2, 0.25) is 22.9 Å². The summed E-state index contributed by atoms with van der Waals surface area (Å²) in [5.74, 6) is 0.0648. The van der Waals surface area contributed by atoms with Crippen molar-refractivity contribution in [1.29, 1.82) is 0 Å². The van der Waals surface area contributed by atoms with E-state index in [2.05, 4.69) is 43.2 Å². The van der Waals surface area contributed by atoms with E-state index in [1.54, 1.807) is 0 Å². The fourth-order valence-electron chi connectivity index (χ4n) is 6.08. The van der Waals surface area contributed by atoms with Crippen molar-refractivity contribution in [1.82, 2.24) is 25.7 Å². The van der Waals surface area contributed by atoms with Gasteiger partial charge in [0, 0.05) is 44.7 Å². The molecule has 11 heteroatoms. The van der Waals surface area contributed by atoms with Crippen molar-refractivity contribution in [2.75, 3.05) is 38.2 Å². The minimum absolute atomic E-state index is 0.0510. The fraction of sp³-hybridized carbons (Fsp3) is 0.581. The molecule has 10 nitrogen and oxygen atoms in total. The van der Waals surface area contributed by atoms with Gasteiger partial charge >= 0.3 is 0 Å². The predicted molar refractivity (Wildman–Crippen MR) is 162 cm³/mol. The second kappa shape index (κ2) is 13.9. The number of nitrogens with one attached hydrogen (secondary N) is 3. The fourth-order valence-corrected chi connectivity index (χ4v) is 6.84. The van der Waals surface area contributed by atoms with Crippen molar-refractivity contribution in [3.05, 3.63) is 53.1 Å². The van der Waals surface area contributed by atoms with Crippen LogP contribution in [0.1, 0.15) is 62.4 Å². The Morgan fingerprint density at radius 1 is 1.14 bits per heavy atom. The third kappa shape index (κ3) is 7.62. The van der Waals surface area contributed by atoms with E-state index >= 15 is 0 Å². The van der Waals surface area contributed by atoms with Crippen LogP contribution >= 0.6 is 11.3 Å². The minimum atomic E-state index is -0.671. The maximum atomic E-state index is 13.8. The molecule has 42 heavy (non-hydrogen) atoms. The van der Waals surface area contributed by atoms with E-state index in [1.165, 1.54) is 11.3 Å². The van der Waals surface area contributed by atoms with E-state index < -0.39 is 11.5 Å². The van der Waals surface area contributed by atoms with Crippen molar-refractivity contribution < 1.29 is 19.1 Å². The summed E-state index contributed by atoms with van der Waals surface area (Å²) in [5, 5.41) is 19.0. The largest absolute Gasteiger partial charge is 0.381 e. The number of benzene rings is 1. The van der Waals surface area contributed by atoms with E-state index in [-0.39, 0.29) is 42.1 Å². The number of aromatic nitrogens is 2. The lowest BCUT2D eigenvalue weighted by Crippen LogP contribution is -2.58. The van der Waals surface area contributed by atoms with E-state index in [4.69, 9.17) is 4.74 Å². The van der Waals surface area contributed by atoms with Crippen molar-refractivity contribution in [3.8, 4) is 0 Å². The normalized spacial score (nSPS) is 25.9. The van der Waals surface area contributed by atoms with Crippen LogP contribution in [0.4, 0.5) is 5.13 Å². The van der Waals surface area contributed by atoms with Crippen LogP contribution in [0.2, 0.25) is 0 Å². The summed E-state index contributed by atoms with van der Waals surface area (Å²) in [6.45, 7) is 6.80. The summed E-state index contributed by atoms with van der Waals surface area (Å²) in [6.07, 6.45) is 8.06. The zero-order chi connectivity index (χ0) is 29.5.